The van der Waals surface area contributed by atoms with Crippen LogP contribution in [0.25, 0.3) is 0 Å². The lowest BCUT2D eigenvalue weighted by atomic mass is 9.77. The van der Waals surface area contributed by atoms with E-state index in [0.717, 1.165) is 75.3 Å². The number of ether oxygens (including phenoxy) is 2. The molecule has 3 aromatic rings. The van der Waals surface area contributed by atoms with E-state index in [1.54, 1.807) is 0 Å². The van der Waals surface area contributed by atoms with Crippen LogP contribution in [0.2, 0.25) is 0 Å². The summed E-state index contributed by atoms with van der Waals surface area (Å²) >= 11 is 0. The molecule has 1 fully saturated rings. The molecule has 1 aliphatic rings. The van der Waals surface area contributed by atoms with Gasteiger partial charge >= 0.3 is 12.2 Å². The summed E-state index contributed by atoms with van der Waals surface area (Å²) in [6, 6.07) is 6.50. The Bertz CT molecular complexity index is 1280. The first-order valence-corrected chi connectivity index (χ1v) is 13.1. The normalized spacial score (nSPS) is 18.0. The molecule has 4 rings (SSSR count). The van der Waals surface area contributed by atoms with Gasteiger partial charge in [-0.2, -0.15) is 17.6 Å². The molecular weight excluding hydrogens is 544 g/mol. The Morgan fingerprint density at radius 1 is 0.675 bits per heavy atom. The van der Waals surface area contributed by atoms with Gasteiger partial charge in [-0.05, 0) is 91.6 Å². The Hall–Kier alpha value is -3.30. The molecule has 0 amide bonds. The fraction of sp³-hybridized carbons (Fsp3) is 0.400. The molecule has 40 heavy (non-hydrogen) atoms. The van der Waals surface area contributed by atoms with E-state index in [2.05, 4.69) is 16.4 Å². The zero-order valence-corrected chi connectivity index (χ0v) is 21.6. The van der Waals surface area contributed by atoms with Crippen molar-refractivity contribution in [1.29, 1.82) is 0 Å². The third kappa shape index (κ3) is 6.88. The number of unbranched alkanes of at least 4 members (excludes halogenated alkanes) is 1. The lowest BCUT2D eigenvalue weighted by molar-refractivity contribution is -0.190. The van der Waals surface area contributed by atoms with Crippen LogP contribution in [0.15, 0.2) is 54.6 Å². The lowest BCUT2D eigenvalue weighted by Gasteiger charge is -2.29. The molecular formula is C30H28F8O2. The minimum absolute atomic E-state index is 0.131. The molecule has 0 radical (unpaired) electrons. The Morgan fingerprint density at radius 2 is 1.25 bits per heavy atom. The van der Waals surface area contributed by atoms with Gasteiger partial charge < -0.3 is 9.47 Å². The van der Waals surface area contributed by atoms with Gasteiger partial charge in [0.25, 0.3) is 0 Å². The van der Waals surface area contributed by atoms with Gasteiger partial charge in [0.05, 0.1) is 5.56 Å². The first-order valence-electron chi connectivity index (χ1n) is 13.1. The maximum absolute atomic E-state index is 14.9. The van der Waals surface area contributed by atoms with Crippen LogP contribution in [0, 0.1) is 29.2 Å². The fourth-order valence-corrected chi connectivity index (χ4v) is 5.05. The van der Waals surface area contributed by atoms with Crippen molar-refractivity contribution in [2.45, 2.75) is 70.0 Å². The van der Waals surface area contributed by atoms with Crippen molar-refractivity contribution in [1.82, 2.24) is 0 Å². The predicted molar refractivity (Wildman–Crippen MR) is 132 cm³/mol. The maximum Gasteiger partial charge on any atom is 0.432 e. The molecule has 0 aliphatic heterocycles. The van der Waals surface area contributed by atoms with Gasteiger partial charge in [0.1, 0.15) is 28.7 Å². The molecule has 216 valence electrons. The Kier molecular flexibility index (Phi) is 8.95. The average molecular weight is 573 g/mol. The van der Waals surface area contributed by atoms with Gasteiger partial charge in [-0.1, -0.05) is 26.2 Å². The lowest BCUT2D eigenvalue weighted by Crippen LogP contribution is -2.26. The molecule has 0 saturated heterocycles. The summed E-state index contributed by atoms with van der Waals surface area (Å²) in [5.41, 5.74) is -2.08. The van der Waals surface area contributed by atoms with Crippen molar-refractivity contribution in [2.75, 3.05) is 0 Å². The van der Waals surface area contributed by atoms with E-state index in [0.29, 0.717) is 35.7 Å². The number of hydrogen-bond acceptors (Lipinski definition) is 2. The Morgan fingerprint density at radius 3 is 1.82 bits per heavy atom. The topological polar surface area (TPSA) is 18.5 Å². The second kappa shape index (κ2) is 12.1. The summed E-state index contributed by atoms with van der Waals surface area (Å²) < 4.78 is 124. The van der Waals surface area contributed by atoms with Gasteiger partial charge in [-0.15, -0.1) is 0 Å². The zero-order valence-electron chi connectivity index (χ0n) is 21.6. The molecule has 0 N–H and O–H groups in total. The highest BCUT2D eigenvalue weighted by molar-refractivity contribution is 5.34. The molecule has 3 aromatic carbocycles. The molecule has 0 spiro atoms. The third-order valence-electron chi connectivity index (χ3n) is 7.21. The quantitative estimate of drug-likeness (QED) is 0.225. The van der Waals surface area contributed by atoms with Crippen LogP contribution in [-0.2, 0) is 12.2 Å². The molecule has 0 aromatic heterocycles. The van der Waals surface area contributed by atoms with Crippen molar-refractivity contribution < 1.29 is 44.6 Å². The monoisotopic (exact) mass is 572 g/mol. The average Bonchev–Trinajstić information content (AvgIpc) is 2.89. The van der Waals surface area contributed by atoms with Crippen LogP contribution in [0.3, 0.4) is 0 Å². The van der Waals surface area contributed by atoms with Crippen LogP contribution < -0.4 is 9.47 Å². The smallest absolute Gasteiger partial charge is 0.429 e. The second-order valence-corrected chi connectivity index (χ2v) is 10.1. The van der Waals surface area contributed by atoms with Crippen molar-refractivity contribution in [3.63, 3.8) is 0 Å². The van der Waals surface area contributed by atoms with Gasteiger partial charge in [-0.3, -0.25) is 0 Å². The van der Waals surface area contributed by atoms with Gasteiger partial charge in [0, 0.05) is 6.07 Å². The number of halogens is 8. The number of benzene rings is 3. The van der Waals surface area contributed by atoms with E-state index < -0.39 is 58.1 Å². The summed E-state index contributed by atoms with van der Waals surface area (Å²) in [6.07, 6.45) is -1.91. The zero-order chi connectivity index (χ0) is 29.1. The minimum Gasteiger partial charge on any atom is -0.429 e. The highest BCUT2D eigenvalue weighted by Gasteiger charge is 2.42. The van der Waals surface area contributed by atoms with Crippen LogP contribution in [0.5, 0.6) is 11.5 Å². The van der Waals surface area contributed by atoms with Crippen molar-refractivity contribution in [3.05, 3.63) is 94.6 Å². The van der Waals surface area contributed by atoms with Crippen LogP contribution >= 0.6 is 0 Å². The summed E-state index contributed by atoms with van der Waals surface area (Å²) in [7, 11) is 0. The Balaban J connectivity index is 1.44. The predicted octanol–water partition coefficient (Wildman–Crippen LogP) is 9.96. The molecule has 1 saturated carbocycles. The number of hydrogen-bond donors (Lipinski definition) is 0. The third-order valence-corrected chi connectivity index (χ3v) is 7.21. The van der Waals surface area contributed by atoms with Gasteiger partial charge in [-0.25, -0.2) is 17.6 Å². The first kappa shape index (κ1) is 29.7. The minimum atomic E-state index is -4.45. The largest absolute Gasteiger partial charge is 0.432 e. The summed E-state index contributed by atoms with van der Waals surface area (Å²) in [5, 5.41) is 0. The summed E-state index contributed by atoms with van der Waals surface area (Å²) in [5.74, 6) is -6.47. The fourth-order valence-electron chi connectivity index (χ4n) is 5.05. The molecule has 0 bridgehead atoms. The van der Waals surface area contributed by atoms with Gasteiger partial charge in [0.2, 0.25) is 0 Å². The second-order valence-electron chi connectivity index (χ2n) is 10.1. The summed E-state index contributed by atoms with van der Waals surface area (Å²) in [6.45, 7) is 2.11. The van der Waals surface area contributed by atoms with Gasteiger partial charge in [0.15, 0.2) is 11.6 Å². The highest BCUT2D eigenvalue weighted by atomic mass is 19.3. The summed E-state index contributed by atoms with van der Waals surface area (Å²) in [4.78, 5) is 0. The SMILES string of the molecule is CCCCC1CCC(c2cc(F)c(C(F)(F)Oc3ccc(C(F)(F)Oc4ccc(F)c(F)c4)cc3)c(F)c2)CC1. The van der Waals surface area contributed by atoms with E-state index in [1.807, 2.05) is 0 Å². The van der Waals surface area contributed by atoms with Crippen molar-refractivity contribution in [3.8, 4) is 11.5 Å². The van der Waals surface area contributed by atoms with E-state index >= 15 is 0 Å². The van der Waals surface area contributed by atoms with Crippen molar-refractivity contribution in [2.24, 2.45) is 5.92 Å². The molecule has 0 heterocycles. The van der Waals surface area contributed by atoms with E-state index in [1.165, 1.54) is 0 Å². The maximum atomic E-state index is 14.9. The first-order chi connectivity index (χ1) is 18.9. The Labute approximate surface area is 226 Å². The van der Waals surface area contributed by atoms with E-state index in [9.17, 15) is 35.1 Å². The molecule has 1 aliphatic carbocycles. The van der Waals surface area contributed by atoms with E-state index in [-0.39, 0.29) is 5.92 Å². The van der Waals surface area contributed by atoms with Crippen LogP contribution in [0.4, 0.5) is 35.1 Å². The number of rotatable bonds is 10. The van der Waals surface area contributed by atoms with Crippen LogP contribution in [-0.4, -0.2) is 0 Å². The molecule has 10 heteroatoms. The van der Waals surface area contributed by atoms with E-state index in [4.69, 9.17) is 0 Å². The standard InChI is InChI=1S/C30H28F8O2/c1-2-3-4-18-5-7-19(8-6-18)20-15-26(33)28(27(34)16-20)30(37,38)39-22-11-9-21(10-12-22)29(35,36)40-23-13-14-24(31)25(32)17-23/h9-19H,2-8H2,1H3. The molecule has 0 unspecified atom stereocenters. The molecule has 2 nitrogen and oxygen atoms in total. The van der Waals surface area contributed by atoms with Crippen molar-refractivity contribution >= 4 is 0 Å². The number of alkyl halides is 4. The molecule has 0 atom stereocenters. The highest BCUT2D eigenvalue weighted by Crippen LogP contribution is 2.41. The van der Waals surface area contributed by atoms with Crippen LogP contribution in [0.1, 0.15) is 74.5 Å².